The van der Waals surface area contributed by atoms with Gasteiger partial charge < -0.3 is 10.2 Å². The van der Waals surface area contributed by atoms with E-state index in [1.807, 2.05) is 0 Å². The number of aliphatic hydroxyl groups excluding tert-OH is 1. The first-order valence-corrected chi connectivity index (χ1v) is 5.77. The molecule has 2 rings (SSSR count). The highest BCUT2D eigenvalue weighted by atomic mass is 79.9. The highest BCUT2D eigenvalue weighted by Crippen LogP contribution is 2.26. The van der Waals surface area contributed by atoms with Gasteiger partial charge in [-0.15, -0.1) is 0 Å². The van der Waals surface area contributed by atoms with Gasteiger partial charge in [0.15, 0.2) is 6.10 Å². The summed E-state index contributed by atoms with van der Waals surface area (Å²) in [6.45, 7) is -0.556. The minimum atomic E-state index is -1.78. The number of halogens is 1. The van der Waals surface area contributed by atoms with Crippen LogP contribution in [0.5, 0.6) is 0 Å². The zero-order chi connectivity index (χ0) is 13.4. The molecule has 0 bridgehead atoms. The lowest BCUT2D eigenvalue weighted by Crippen LogP contribution is -2.40. The number of amides is 2. The van der Waals surface area contributed by atoms with Crippen LogP contribution in [0.2, 0.25) is 0 Å². The van der Waals surface area contributed by atoms with Crippen LogP contribution < -0.4 is 0 Å². The lowest BCUT2D eigenvalue weighted by molar-refractivity contribution is -0.146. The normalized spacial score (nSPS) is 15.8. The third kappa shape index (κ3) is 2.02. The third-order valence-electron chi connectivity index (χ3n) is 2.57. The summed E-state index contributed by atoms with van der Waals surface area (Å²) in [6.07, 6.45) is -1.78. The highest BCUT2D eigenvalue weighted by Gasteiger charge is 2.37. The molecule has 0 aromatic heterocycles. The van der Waals surface area contributed by atoms with Crippen LogP contribution in [0.25, 0.3) is 0 Å². The largest absolute Gasteiger partial charge is 0.479 e. The van der Waals surface area contributed by atoms with Gasteiger partial charge in [-0.3, -0.25) is 14.5 Å². The van der Waals surface area contributed by atoms with Crippen LogP contribution in [-0.4, -0.2) is 45.5 Å². The van der Waals surface area contributed by atoms with Gasteiger partial charge in [-0.05, 0) is 18.2 Å². The number of rotatable bonds is 3. The van der Waals surface area contributed by atoms with Gasteiger partial charge in [-0.2, -0.15) is 0 Å². The maximum atomic E-state index is 11.9. The summed E-state index contributed by atoms with van der Waals surface area (Å²) in [5.41, 5.74) is 0.410. The summed E-state index contributed by atoms with van der Waals surface area (Å²) in [6, 6.07) is 4.58. The number of benzene rings is 1. The molecule has 1 aromatic carbocycles. The average molecular weight is 314 g/mol. The summed E-state index contributed by atoms with van der Waals surface area (Å²) in [7, 11) is 0. The van der Waals surface area contributed by atoms with E-state index in [-0.39, 0.29) is 11.1 Å². The summed E-state index contributed by atoms with van der Waals surface area (Å²) in [4.78, 5) is 35.0. The molecule has 1 aliphatic rings. The number of carboxylic acid groups (broad SMARTS) is 1. The van der Waals surface area contributed by atoms with Crippen molar-refractivity contribution in [3.05, 3.63) is 33.8 Å². The molecule has 1 aromatic rings. The van der Waals surface area contributed by atoms with Crippen molar-refractivity contribution < 1.29 is 24.6 Å². The van der Waals surface area contributed by atoms with Crippen LogP contribution in [0.4, 0.5) is 0 Å². The second kappa shape index (κ2) is 4.51. The molecule has 18 heavy (non-hydrogen) atoms. The number of aliphatic carboxylic acids is 1. The number of carbonyl (C=O) groups is 3. The van der Waals surface area contributed by atoms with Crippen LogP contribution >= 0.6 is 15.9 Å². The first-order valence-electron chi connectivity index (χ1n) is 4.98. The Hall–Kier alpha value is -1.73. The third-order valence-corrected chi connectivity index (χ3v) is 3.07. The van der Waals surface area contributed by atoms with Gasteiger partial charge in [0.1, 0.15) is 0 Å². The molecule has 0 saturated heterocycles. The predicted molar refractivity (Wildman–Crippen MR) is 63.2 cm³/mol. The van der Waals surface area contributed by atoms with E-state index in [1.54, 1.807) is 6.07 Å². The Kier molecular flexibility index (Phi) is 3.18. The predicted octanol–water partition coefficient (Wildman–Crippen LogP) is 0.491. The lowest BCUT2D eigenvalue weighted by Gasteiger charge is -2.15. The molecule has 0 saturated carbocycles. The van der Waals surface area contributed by atoms with E-state index in [1.165, 1.54) is 12.1 Å². The second-order valence-electron chi connectivity index (χ2n) is 3.76. The zero-order valence-corrected chi connectivity index (χ0v) is 10.5. The number of aliphatic hydroxyl groups is 1. The summed E-state index contributed by atoms with van der Waals surface area (Å²) >= 11 is 3.18. The Balaban J connectivity index is 2.31. The molecular weight excluding hydrogens is 306 g/mol. The first kappa shape index (κ1) is 12.7. The smallest absolute Gasteiger partial charge is 0.334 e. The Morgan fingerprint density at radius 3 is 2.50 bits per heavy atom. The van der Waals surface area contributed by atoms with E-state index < -0.39 is 30.4 Å². The van der Waals surface area contributed by atoms with Crippen molar-refractivity contribution >= 4 is 33.7 Å². The standard InChI is InChI=1S/C11H8BrNO5/c12-5-1-2-6-7(3-5)10(16)13(9(6)15)4-8(14)11(17)18/h1-3,8,14H,4H2,(H,17,18). The summed E-state index contributed by atoms with van der Waals surface area (Å²) in [5, 5.41) is 17.8. The maximum Gasteiger partial charge on any atom is 0.334 e. The fraction of sp³-hybridized carbons (Fsp3) is 0.182. The lowest BCUT2D eigenvalue weighted by atomic mass is 10.1. The van der Waals surface area contributed by atoms with Gasteiger partial charge in [0.05, 0.1) is 17.7 Å². The van der Waals surface area contributed by atoms with E-state index in [4.69, 9.17) is 5.11 Å². The molecule has 1 atom stereocenters. The van der Waals surface area contributed by atoms with Crippen LogP contribution in [-0.2, 0) is 4.79 Å². The van der Waals surface area contributed by atoms with Crippen molar-refractivity contribution in [3.8, 4) is 0 Å². The molecule has 0 aliphatic carbocycles. The van der Waals surface area contributed by atoms with Crippen molar-refractivity contribution in [2.24, 2.45) is 0 Å². The molecule has 2 amide bonds. The number of hydrogen-bond donors (Lipinski definition) is 2. The van der Waals surface area contributed by atoms with Gasteiger partial charge in [-0.1, -0.05) is 15.9 Å². The monoisotopic (exact) mass is 313 g/mol. The molecule has 1 aliphatic heterocycles. The van der Waals surface area contributed by atoms with Crippen LogP contribution in [0, 0.1) is 0 Å². The Labute approximate surface area is 110 Å². The molecule has 0 spiro atoms. The van der Waals surface area contributed by atoms with Crippen molar-refractivity contribution in [2.75, 3.05) is 6.54 Å². The molecule has 1 heterocycles. The first-order chi connectivity index (χ1) is 8.41. The van der Waals surface area contributed by atoms with Gasteiger partial charge in [-0.25, -0.2) is 4.79 Å². The number of nitrogens with zero attached hydrogens (tertiary/aromatic N) is 1. The van der Waals surface area contributed by atoms with Crippen molar-refractivity contribution in [1.82, 2.24) is 4.90 Å². The molecule has 6 nitrogen and oxygen atoms in total. The SMILES string of the molecule is O=C(O)C(O)CN1C(=O)c2ccc(Br)cc2C1=O. The quantitative estimate of drug-likeness (QED) is 0.792. The van der Waals surface area contributed by atoms with Crippen LogP contribution in [0.1, 0.15) is 20.7 Å². The maximum absolute atomic E-state index is 11.9. The number of carbonyl (C=O) groups excluding carboxylic acids is 2. The van der Waals surface area contributed by atoms with Crippen molar-refractivity contribution in [2.45, 2.75) is 6.10 Å². The fourth-order valence-electron chi connectivity index (χ4n) is 1.68. The molecule has 7 heteroatoms. The molecule has 0 radical (unpaired) electrons. The molecule has 1 unspecified atom stereocenters. The zero-order valence-electron chi connectivity index (χ0n) is 8.96. The van der Waals surface area contributed by atoms with Gasteiger partial charge >= 0.3 is 5.97 Å². The fourth-order valence-corrected chi connectivity index (χ4v) is 2.04. The second-order valence-corrected chi connectivity index (χ2v) is 4.68. The molecule has 94 valence electrons. The van der Waals surface area contributed by atoms with Gasteiger partial charge in [0.2, 0.25) is 0 Å². The number of carboxylic acids is 1. The van der Waals surface area contributed by atoms with Crippen molar-refractivity contribution in [3.63, 3.8) is 0 Å². The number of hydrogen-bond acceptors (Lipinski definition) is 4. The summed E-state index contributed by atoms with van der Waals surface area (Å²) < 4.78 is 0.642. The van der Waals surface area contributed by atoms with Gasteiger partial charge in [0, 0.05) is 4.47 Å². The topological polar surface area (TPSA) is 94.9 Å². The van der Waals surface area contributed by atoms with E-state index in [2.05, 4.69) is 15.9 Å². The minimum absolute atomic E-state index is 0.201. The number of β-amino-alcohol motifs (C(OH)–C–C–N with tert-alkyl or cyclic N) is 1. The van der Waals surface area contributed by atoms with Crippen LogP contribution in [0.15, 0.2) is 22.7 Å². The van der Waals surface area contributed by atoms with Crippen LogP contribution in [0.3, 0.4) is 0 Å². The van der Waals surface area contributed by atoms with E-state index >= 15 is 0 Å². The Bertz CT molecular complexity index is 556. The van der Waals surface area contributed by atoms with Gasteiger partial charge in [0.25, 0.3) is 11.8 Å². The Morgan fingerprint density at radius 1 is 1.28 bits per heavy atom. The number of imide groups is 1. The Morgan fingerprint density at radius 2 is 1.89 bits per heavy atom. The van der Waals surface area contributed by atoms with E-state index in [9.17, 15) is 19.5 Å². The average Bonchev–Trinajstić information content (AvgIpc) is 2.54. The minimum Gasteiger partial charge on any atom is -0.479 e. The van der Waals surface area contributed by atoms with E-state index in [0.29, 0.717) is 4.47 Å². The van der Waals surface area contributed by atoms with E-state index in [0.717, 1.165) is 4.90 Å². The molecular formula is C11H8BrNO5. The highest BCUT2D eigenvalue weighted by molar-refractivity contribution is 9.10. The molecule has 2 N–H and O–H groups in total. The molecule has 0 fully saturated rings. The van der Waals surface area contributed by atoms with Crippen molar-refractivity contribution in [1.29, 1.82) is 0 Å². The summed E-state index contributed by atoms with van der Waals surface area (Å²) in [5.74, 6) is -2.67. The number of fused-ring (bicyclic) bond motifs is 1.